The van der Waals surface area contributed by atoms with Crippen molar-refractivity contribution in [3.05, 3.63) is 71.0 Å². The number of hydrogen-bond donors (Lipinski definition) is 1. The SMILES string of the molecule is O=C(NC1CC1)c1ccc(CN(C(=O)[C@H]2CCCN(C(=O)c3ccc(F)cc3)C2)C2CC2)cc1. The predicted octanol–water partition coefficient (Wildman–Crippen LogP) is 3.76. The van der Waals surface area contributed by atoms with Gasteiger partial charge in [0.2, 0.25) is 5.91 Å². The minimum atomic E-state index is -0.375. The Hall–Kier alpha value is -3.22. The predicted molar refractivity (Wildman–Crippen MR) is 126 cm³/mol. The average molecular weight is 464 g/mol. The largest absolute Gasteiger partial charge is 0.349 e. The van der Waals surface area contributed by atoms with Crippen LogP contribution in [0.1, 0.15) is 64.8 Å². The van der Waals surface area contributed by atoms with Crippen molar-refractivity contribution < 1.29 is 18.8 Å². The highest BCUT2D eigenvalue weighted by atomic mass is 19.1. The lowest BCUT2D eigenvalue weighted by Crippen LogP contribution is -2.47. The molecule has 3 fully saturated rings. The maximum absolute atomic E-state index is 13.5. The molecule has 0 spiro atoms. The highest BCUT2D eigenvalue weighted by Gasteiger charge is 2.38. The lowest BCUT2D eigenvalue weighted by Gasteiger charge is -2.35. The van der Waals surface area contributed by atoms with Crippen LogP contribution in [-0.4, -0.2) is 52.7 Å². The van der Waals surface area contributed by atoms with Crippen LogP contribution >= 0.6 is 0 Å². The molecule has 34 heavy (non-hydrogen) atoms. The van der Waals surface area contributed by atoms with E-state index in [1.165, 1.54) is 24.3 Å². The fourth-order valence-corrected chi connectivity index (χ4v) is 4.60. The molecule has 1 N–H and O–H groups in total. The van der Waals surface area contributed by atoms with Crippen molar-refractivity contribution in [1.82, 2.24) is 15.1 Å². The van der Waals surface area contributed by atoms with Crippen molar-refractivity contribution >= 4 is 17.7 Å². The summed E-state index contributed by atoms with van der Waals surface area (Å²) in [6, 6.07) is 13.6. The number of nitrogens with one attached hydrogen (secondary N) is 1. The number of hydrogen-bond acceptors (Lipinski definition) is 3. The number of amides is 3. The highest BCUT2D eigenvalue weighted by Crippen LogP contribution is 2.32. The molecule has 1 heterocycles. The smallest absolute Gasteiger partial charge is 0.253 e. The number of likely N-dealkylation sites (tertiary alicyclic amines) is 1. The third kappa shape index (κ3) is 5.29. The van der Waals surface area contributed by atoms with Crippen molar-refractivity contribution in [3.63, 3.8) is 0 Å². The van der Waals surface area contributed by atoms with E-state index in [-0.39, 0.29) is 35.5 Å². The first-order chi connectivity index (χ1) is 16.5. The van der Waals surface area contributed by atoms with E-state index in [9.17, 15) is 18.8 Å². The van der Waals surface area contributed by atoms with E-state index < -0.39 is 0 Å². The first kappa shape index (κ1) is 22.6. The second kappa shape index (κ2) is 9.57. The normalized spacial score (nSPS) is 20.0. The van der Waals surface area contributed by atoms with Gasteiger partial charge in [0, 0.05) is 42.8 Å². The van der Waals surface area contributed by atoms with Gasteiger partial charge >= 0.3 is 0 Å². The van der Waals surface area contributed by atoms with Crippen LogP contribution in [0.15, 0.2) is 48.5 Å². The van der Waals surface area contributed by atoms with E-state index in [1.54, 1.807) is 4.90 Å². The highest BCUT2D eigenvalue weighted by molar-refractivity contribution is 5.95. The zero-order chi connectivity index (χ0) is 23.7. The van der Waals surface area contributed by atoms with E-state index >= 15 is 0 Å². The van der Waals surface area contributed by atoms with Crippen LogP contribution in [0.3, 0.4) is 0 Å². The quantitative estimate of drug-likeness (QED) is 0.680. The van der Waals surface area contributed by atoms with Crippen molar-refractivity contribution in [3.8, 4) is 0 Å². The Kier molecular flexibility index (Phi) is 6.35. The first-order valence-electron chi connectivity index (χ1n) is 12.2. The molecule has 2 aromatic carbocycles. The summed E-state index contributed by atoms with van der Waals surface area (Å²) < 4.78 is 13.2. The van der Waals surface area contributed by atoms with Gasteiger partial charge in [-0.2, -0.15) is 0 Å². The van der Waals surface area contributed by atoms with Crippen LogP contribution in [0.5, 0.6) is 0 Å². The summed E-state index contributed by atoms with van der Waals surface area (Å²) in [6.45, 7) is 1.50. The maximum atomic E-state index is 13.5. The number of piperidine rings is 1. The van der Waals surface area contributed by atoms with Gasteiger partial charge in [-0.3, -0.25) is 14.4 Å². The summed E-state index contributed by atoms with van der Waals surface area (Å²) in [7, 11) is 0. The number of nitrogens with zero attached hydrogens (tertiary/aromatic N) is 2. The zero-order valence-corrected chi connectivity index (χ0v) is 19.2. The van der Waals surface area contributed by atoms with Crippen molar-refractivity contribution in [2.24, 2.45) is 5.92 Å². The van der Waals surface area contributed by atoms with Crippen molar-refractivity contribution in [2.45, 2.75) is 57.2 Å². The molecular formula is C27H30FN3O3. The van der Waals surface area contributed by atoms with E-state index in [1.807, 2.05) is 29.2 Å². The van der Waals surface area contributed by atoms with Crippen LogP contribution in [0.4, 0.5) is 4.39 Å². The Labute approximate surface area is 199 Å². The van der Waals surface area contributed by atoms with Gasteiger partial charge in [0.05, 0.1) is 5.92 Å². The summed E-state index contributed by atoms with van der Waals surface area (Å²) in [6.07, 6.45) is 5.63. The summed E-state index contributed by atoms with van der Waals surface area (Å²) in [5.74, 6) is -0.718. The fourth-order valence-electron chi connectivity index (χ4n) is 4.60. The standard InChI is InChI=1S/C27H30FN3O3/c28-22-9-7-20(8-10-22)26(33)30-15-1-2-21(17-30)27(34)31(24-13-14-24)16-18-3-5-19(6-4-18)25(32)29-23-11-12-23/h3-10,21,23-24H,1-2,11-17H2,(H,29,32)/t21-/m0/s1. The Bertz CT molecular complexity index is 1060. The Balaban J connectivity index is 1.23. The van der Waals surface area contributed by atoms with Gasteiger partial charge in [-0.25, -0.2) is 4.39 Å². The molecule has 2 aliphatic carbocycles. The van der Waals surface area contributed by atoms with E-state index in [2.05, 4.69) is 5.32 Å². The third-order valence-electron chi connectivity index (χ3n) is 6.90. The fraction of sp³-hybridized carbons (Fsp3) is 0.444. The van der Waals surface area contributed by atoms with Crippen molar-refractivity contribution in [1.29, 1.82) is 0 Å². The Morgan fingerprint density at radius 1 is 0.912 bits per heavy atom. The molecule has 2 aromatic rings. The van der Waals surface area contributed by atoms with E-state index in [4.69, 9.17) is 0 Å². The van der Waals surface area contributed by atoms with Crippen molar-refractivity contribution in [2.75, 3.05) is 13.1 Å². The van der Waals surface area contributed by atoms with Crippen LogP contribution in [-0.2, 0) is 11.3 Å². The average Bonchev–Trinajstić information content (AvgIpc) is 3.78. The summed E-state index contributed by atoms with van der Waals surface area (Å²) >= 11 is 0. The molecular weight excluding hydrogens is 433 g/mol. The molecule has 1 atom stereocenters. The minimum Gasteiger partial charge on any atom is -0.349 e. The zero-order valence-electron chi connectivity index (χ0n) is 19.2. The number of carbonyl (C=O) groups excluding carboxylic acids is 3. The number of carbonyl (C=O) groups is 3. The van der Waals surface area contributed by atoms with Crippen LogP contribution in [0, 0.1) is 11.7 Å². The molecule has 0 unspecified atom stereocenters. The summed E-state index contributed by atoms with van der Waals surface area (Å²) in [5.41, 5.74) is 2.08. The molecule has 178 valence electrons. The molecule has 1 saturated heterocycles. The molecule has 6 nitrogen and oxygen atoms in total. The van der Waals surface area contributed by atoms with E-state index in [0.29, 0.717) is 36.8 Å². The van der Waals surface area contributed by atoms with Gasteiger partial charge in [-0.05, 0) is 80.5 Å². The molecule has 0 bridgehead atoms. The summed E-state index contributed by atoms with van der Waals surface area (Å²) in [5, 5.41) is 2.99. The van der Waals surface area contributed by atoms with Crippen LogP contribution in [0.2, 0.25) is 0 Å². The summed E-state index contributed by atoms with van der Waals surface area (Å²) in [4.78, 5) is 42.3. The van der Waals surface area contributed by atoms with E-state index in [0.717, 1.165) is 44.1 Å². The minimum absolute atomic E-state index is 0.0442. The van der Waals surface area contributed by atoms with Crippen LogP contribution < -0.4 is 5.32 Å². The molecule has 0 radical (unpaired) electrons. The van der Waals surface area contributed by atoms with Gasteiger partial charge < -0.3 is 15.1 Å². The molecule has 3 amide bonds. The van der Waals surface area contributed by atoms with Gasteiger partial charge in [0.1, 0.15) is 5.82 Å². The topological polar surface area (TPSA) is 69.7 Å². The molecule has 3 aliphatic rings. The van der Waals surface area contributed by atoms with Gasteiger partial charge in [-0.15, -0.1) is 0 Å². The molecule has 2 saturated carbocycles. The van der Waals surface area contributed by atoms with Gasteiger partial charge in [0.15, 0.2) is 0 Å². The lowest BCUT2D eigenvalue weighted by atomic mass is 9.95. The maximum Gasteiger partial charge on any atom is 0.253 e. The van der Waals surface area contributed by atoms with Gasteiger partial charge in [0.25, 0.3) is 11.8 Å². The third-order valence-corrected chi connectivity index (χ3v) is 6.90. The Morgan fingerprint density at radius 3 is 2.24 bits per heavy atom. The lowest BCUT2D eigenvalue weighted by molar-refractivity contribution is -0.138. The number of benzene rings is 2. The molecule has 7 heteroatoms. The Morgan fingerprint density at radius 2 is 1.59 bits per heavy atom. The molecule has 5 rings (SSSR count). The molecule has 1 aliphatic heterocycles. The van der Waals surface area contributed by atoms with Gasteiger partial charge in [-0.1, -0.05) is 12.1 Å². The first-order valence-corrected chi connectivity index (χ1v) is 12.2. The second-order valence-electron chi connectivity index (χ2n) is 9.74. The monoisotopic (exact) mass is 463 g/mol. The second-order valence-corrected chi connectivity index (χ2v) is 9.74. The number of halogens is 1. The van der Waals surface area contributed by atoms with Crippen LogP contribution in [0.25, 0.3) is 0 Å². The molecule has 0 aromatic heterocycles. The number of rotatable bonds is 7.